The Kier molecular flexibility index (Phi) is 5.38. The van der Waals surface area contributed by atoms with Crippen LogP contribution in [-0.2, 0) is 15.7 Å². The molecule has 2 aliphatic heterocycles. The maximum Gasteiger partial charge on any atom is 0.433 e. The Balaban J connectivity index is 1.52. The maximum atomic E-state index is 12.7. The van der Waals surface area contributed by atoms with Crippen molar-refractivity contribution in [1.29, 1.82) is 0 Å². The number of rotatable bonds is 3. The van der Waals surface area contributed by atoms with Crippen molar-refractivity contribution in [2.24, 2.45) is 0 Å². The number of morpholine rings is 1. The van der Waals surface area contributed by atoms with Crippen molar-refractivity contribution >= 4 is 11.7 Å². The van der Waals surface area contributed by atoms with Crippen molar-refractivity contribution in [3.63, 3.8) is 0 Å². The summed E-state index contributed by atoms with van der Waals surface area (Å²) in [6.45, 7) is 4.91. The Hall–Kier alpha value is -1.94. The molecule has 0 radical (unpaired) electrons. The van der Waals surface area contributed by atoms with E-state index in [1.54, 1.807) is 9.80 Å². The van der Waals surface area contributed by atoms with Gasteiger partial charge >= 0.3 is 6.18 Å². The molecule has 2 saturated heterocycles. The fraction of sp³-hybridized carbons (Fsp3) is 0.667. The number of carbonyl (C=O) groups is 1. The Morgan fingerprint density at radius 2 is 1.76 bits per heavy atom. The normalized spacial score (nSPS) is 20.0. The Morgan fingerprint density at radius 3 is 2.40 bits per heavy atom. The molecule has 1 aromatic heterocycles. The van der Waals surface area contributed by atoms with Crippen molar-refractivity contribution in [1.82, 2.24) is 19.8 Å². The second-order valence-corrected chi connectivity index (χ2v) is 6.02. The third-order valence-corrected chi connectivity index (χ3v) is 4.36. The lowest BCUT2D eigenvalue weighted by molar-refractivity contribution is -0.141. The molecule has 0 N–H and O–H groups in total. The van der Waals surface area contributed by atoms with Gasteiger partial charge in [0.25, 0.3) is 0 Å². The van der Waals surface area contributed by atoms with Crippen LogP contribution in [0.1, 0.15) is 5.69 Å². The predicted molar refractivity (Wildman–Crippen MR) is 83.1 cm³/mol. The molecule has 0 bridgehead atoms. The third-order valence-electron chi connectivity index (χ3n) is 4.36. The van der Waals surface area contributed by atoms with Gasteiger partial charge in [-0.25, -0.2) is 9.97 Å². The lowest BCUT2D eigenvalue weighted by Crippen LogP contribution is -2.51. The molecule has 0 aromatic carbocycles. The van der Waals surface area contributed by atoms with Crippen molar-refractivity contribution in [3.8, 4) is 0 Å². The summed E-state index contributed by atoms with van der Waals surface area (Å²) in [4.78, 5) is 25.0. The summed E-state index contributed by atoms with van der Waals surface area (Å²) in [7, 11) is 0. The number of carbonyl (C=O) groups excluding carboxylic acids is 1. The first-order valence-corrected chi connectivity index (χ1v) is 8.15. The highest BCUT2D eigenvalue weighted by atomic mass is 19.4. The summed E-state index contributed by atoms with van der Waals surface area (Å²) < 4.78 is 43.5. The van der Waals surface area contributed by atoms with Gasteiger partial charge in [0.1, 0.15) is 17.8 Å². The second kappa shape index (κ2) is 7.52. The number of aromatic nitrogens is 2. The number of anilines is 1. The monoisotopic (exact) mass is 359 g/mol. The van der Waals surface area contributed by atoms with Gasteiger partial charge in [-0.3, -0.25) is 9.69 Å². The molecule has 0 unspecified atom stereocenters. The topological polar surface area (TPSA) is 61.8 Å². The lowest BCUT2D eigenvalue weighted by Gasteiger charge is -2.36. The van der Waals surface area contributed by atoms with Crippen LogP contribution in [0.15, 0.2) is 12.4 Å². The van der Waals surface area contributed by atoms with Gasteiger partial charge in [0.05, 0.1) is 19.8 Å². The first-order valence-electron chi connectivity index (χ1n) is 8.15. The van der Waals surface area contributed by atoms with Crippen LogP contribution in [0, 0.1) is 0 Å². The van der Waals surface area contributed by atoms with Crippen molar-refractivity contribution < 1.29 is 22.7 Å². The molecule has 3 rings (SSSR count). The van der Waals surface area contributed by atoms with Crippen LogP contribution >= 0.6 is 0 Å². The second-order valence-electron chi connectivity index (χ2n) is 6.02. The molecular formula is C15H20F3N5O2. The molecule has 2 fully saturated rings. The third kappa shape index (κ3) is 4.57. The summed E-state index contributed by atoms with van der Waals surface area (Å²) in [5.41, 5.74) is -0.942. The average Bonchev–Trinajstić information content (AvgIpc) is 2.62. The highest BCUT2D eigenvalue weighted by molar-refractivity contribution is 5.78. The van der Waals surface area contributed by atoms with Gasteiger partial charge in [0.15, 0.2) is 0 Å². The number of ether oxygens (including phenoxy) is 1. The van der Waals surface area contributed by atoms with Gasteiger partial charge in [-0.15, -0.1) is 0 Å². The van der Waals surface area contributed by atoms with Crippen LogP contribution in [0.5, 0.6) is 0 Å². The van der Waals surface area contributed by atoms with E-state index in [-0.39, 0.29) is 11.7 Å². The van der Waals surface area contributed by atoms with Gasteiger partial charge in [0.2, 0.25) is 5.91 Å². The highest BCUT2D eigenvalue weighted by Crippen LogP contribution is 2.29. The van der Waals surface area contributed by atoms with E-state index in [0.717, 1.165) is 12.4 Å². The number of halogens is 3. The standard InChI is InChI=1S/C15H20F3N5O2/c16-15(17,18)12-9-13(20-11-19-12)22-3-1-21(2-4-22)10-14(24)23-5-7-25-8-6-23/h9,11H,1-8,10H2. The molecule has 2 aliphatic rings. The average molecular weight is 359 g/mol. The quantitative estimate of drug-likeness (QED) is 0.782. The lowest BCUT2D eigenvalue weighted by atomic mass is 10.2. The molecular weight excluding hydrogens is 339 g/mol. The van der Waals surface area contributed by atoms with E-state index in [1.807, 2.05) is 4.90 Å². The Morgan fingerprint density at radius 1 is 1.08 bits per heavy atom. The van der Waals surface area contributed by atoms with E-state index in [4.69, 9.17) is 4.74 Å². The smallest absolute Gasteiger partial charge is 0.378 e. The molecule has 0 atom stereocenters. The molecule has 1 aromatic rings. The van der Waals surface area contributed by atoms with Crippen LogP contribution in [0.2, 0.25) is 0 Å². The van der Waals surface area contributed by atoms with Crippen molar-refractivity contribution in [2.75, 3.05) is 63.9 Å². The van der Waals surface area contributed by atoms with Gasteiger partial charge in [-0.05, 0) is 0 Å². The van der Waals surface area contributed by atoms with E-state index in [2.05, 4.69) is 9.97 Å². The molecule has 10 heteroatoms. The number of piperazine rings is 1. The molecule has 138 valence electrons. The zero-order chi connectivity index (χ0) is 17.9. The Bertz CT molecular complexity index is 599. The summed E-state index contributed by atoms with van der Waals surface area (Å²) in [5, 5.41) is 0. The van der Waals surface area contributed by atoms with Crippen molar-refractivity contribution in [2.45, 2.75) is 6.18 Å². The first kappa shape index (κ1) is 17.9. The molecule has 0 saturated carbocycles. The van der Waals surface area contributed by atoms with E-state index < -0.39 is 11.9 Å². The number of nitrogens with zero attached hydrogens (tertiary/aromatic N) is 5. The minimum absolute atomic E-state index is 0.0677. The van der Waals surface area contributed by atoms with Crippen molar-refractivity contribution in [3.05, 3.63) is 18.1 Å². The minimum Gasteiger partial charge on any atom is -0.378 e. The van der Waals surface area contributed by atoms with Crippen LogP contribution in [0.25, 0.3) is 0 Å². The number of hydrogen-bond acceptors (Lipinski definition) is 6. The number of amides is 1. The highest BCUT2D eigenvalue weighted by Gasteiger charge is 2.33. The van der Waals surface area contributed by atoms with Gasteiger partial charge in [-0.2, -0.15) is 13.2 Å². The summed E-state index contributed by atoms with van der Waals surface area (Å²) in [6.07, 6.45) is -3.55. The molecule has 1 amide bonds. The molecule has 3 heterocycles. The van der Waals surface area contributed by atoms with Crippen LogP contribution < -0.4 is 4.90 Å². The predicted octanol–water partition coefficient (Wildman–Crippen LogP) is 0.476. The van der Waals surface area contributed by atoms with Gasteiger partial charge in [0, 0.05) is 45.3 Å². The summed E-state index contributed by atoms with van der Waals surface area (Å²) in [5.74, 6) is 0.333. The van der Waals surface area contributed by atoms with E-state index in [0.29, 0.717) is 59.0 Å². The maximum absolute atomic E-state index is 12.7. The minimum atomic E-state index is -4.48. The number of alkyl halides is 3. The molecule has 7 nitrogen and oxygen atoms in total. The van der Waals surface area contributed by atoms with Crippen LogP contribution in [0.3, 0.4) is 0 Å². The van der Waals surface area contributed by atoms with E-state index in [1.165, 1.54) is 0 Å². The van der Waals surface area contributed by atoms with E-state index in [9.17, 15) is 18.0 Å². The Labute approximate surface area is 143 Å². The van der Waals surface area contributed by atoms with Crippen LogP contribution in [-0.4, -0.2) is 84.7 Å². The number of hydrogen-bond donors (Lipinski definition) is 0. The van der Waals surface area contributed by atoms with Gasteiger partial charge in [-0.1, -0.05) is 0 Å². The SMILES string of the molecule is O=C(CN1CCN(c2cc(C(F)(F)F)ncn2)CC1)N1CCOCC1. The zero-order valence-electron chi connectivity index (χ0n) is 13.7. The molecule has 0 aliphatic carbocycles. The van der Waals surface area contributed by atoms with E-state index >= 15 is 0 Å². The largest absolute Gasteiger partial charge is 0.433 e. The molecule has 25 heavy (non-hydrogen) atoms. The summed E-state index contributed by atoms with van der Waals surface area (Å²) >= 11 is 0. The van der Waals surface area contributed by atoms with Gasteiger partial charge < -0.3 is 14.5 Å². The molecule has 0 spiro atoms. The fourth-order valence-electron chi connectivity index (χ4n) is 2.91. The fourth-order valence-corrected chi connectivity index (χ4v) is 2.91. The summed E-state index contributed by atoms with van der Waals surface area (Å²) in [6, 6.07) is 0.967. The van der Waals surface area contributed by atoms with Crippen LogP contribution in [0.4, 0.5) is 19.0 Å². The first-order chi connectivity index (χ1) is 11.9. The zero-order valence-corrected chi connectivity index (χ0v) is 13.7.